The summed E-state index contributed by atoms with van der Waals surface area (Å²) >= 11 is 6.01. The predicted molar refractivity (Wildman–Crippen MR) is 67.1 cm³/mol. The largest absolute Gasteiger partial charge is 0.310 e. The van der Waals surface area contributed by atoms with Crippen molar-refractivity contribution in [2.45, 2.75) is 32.4 Å². The lowest BCUT2D eigenvalue weighted by atomic mass is 9.82. The molecule has 0 aliphatic heterocycles. The van der Waals surface area contributed by atoms with Crippen molar-refractivity contribution in [2.75, 3.05) is 0 Å². The number of benzene rings is 1. The van der Waals surface area contributed by atoms with Gasteiger partial charge in [-0.15, -0.1) is 0 Å². The third-order valence-corrected chi connectivity index (χ3v) is 3.56. The number of halogens is 1. The van der Waals surface area contributed by atoms with Crippen LogP contribution in [-0.2, 0) is 6.54 Å². The molecule has 0 radical (unpaired) electrons. The molecule has 1 fully saturated rings. The molecule has 1 saturated carbocycles. The van der Waals surface area contributed by atoms with Gasteiger partial charge in [-0.3, -0.25) is 10.1 Å². The molecular weight excluding hydrogens is 240 g/mol. The van der Waals surface area contributed by atoms with E-state index in [2.05, 4.69) is 12.2 Å². The second-order valence-electron chi connectivity index (χ2n) is 4.69. The highest BCUT2D eigenvalue weighted by atomic mass is 35.5. The van der Waals surface area contributed by atoms with Gasteiger partial charge in [0.15, 0.2) is 0 Å². The first kappa shape index (κ1) is 12.3. The third-order valence-electron chi connectivity index (χ3n) is 3.20. The van der Waals surface area contributed by atoms with E-state index in [4.69, 9.17) is 11.6 Å². The van der Waals surface area contributed by atoms with E-state index in [1.165, 1.54) is 25.0 Å². The summed E-state index contributed by atoms with van der Waals surface area (Å²) in [6, 6.07) is 5.08. The second kappa shape index (κ2) is 5.02. The fraction of sp³-hybridized carbons (Fsp3) is 0.500. The topological polar surface area (TPSA) is 55.2 Å². The Morgan fingerprint density at radius 1 is 1.53 bits per heavy atom. The Labute approximate surface area is 105 Å². The molecule has 0 amide bonds. The maximum Gasteiger partial charge on any atom is 0.269 e. The summed E-state index contributed by atoms with van der Waals surface area (Å²) in [5.41, 5.74) is 0.883. The van der Waals surface area contributed by atoms with Crippen molar-refractivity contribution in [2.24, 2.45) is 5.92 Å². The summed E-state index contributed by atoms with van der Waals surface area (Å²) in [6.07, 6.45) is 2.35. The Morgan fingerprint density at radius 2 is 2.24 bits per heavy atom. The lowest BCUT2D eigenvalue weighted by molar-refractivity contribution is -0.384. The number of non-ortho nitro benzene ring substituents is 1. The standard InChI is InChI=1S/C12H15ClN2O2/c1-8-4-10(5-8)14-7-9-6-11(15(16)17)2-3-12(9)13/h2-3,6,8,10,14H,4-5,7H2,1H3. The summed E-state index contributed by atoms with van der Waals surface area (Å²) in [6.45, 7) is 2.82. The first-order valence-corrected chi connectivity index (χ1v) is 6.10. The number of nitrogens with one attached hydrogen (secondary N) is 1. The molecule has 0 aromatic heterocycles. The van der Waals surface area contributed by atoms with Gasteiger partial charge in [0.25, 0.3) is 5.69 Å². The van der Waals surface area contributed by atoms with Crippen LogP contribution in [0, 0.1) is 16.0 Å². The van der Waals surface area contributed by atoms with Gasteiger partial charge in [-0.2, -0.15) is 0 Å². The van der Waals surface area contributed by atoms with E-state index in [0.29, 0.717) is 17.6 Å². The first-order chi connectivity index (χ1) is 8.06. The van der Waals surface area contributed by atoms with Crippen molar-refractivity contribution in [1.29, 1.82) is 0 Å². The lowest BCUT2D eigenvalue weighted by Gasteiger charge is -2.33. The summed E-state index contributed by atoms with van der Waals surface area (Å²) < 4.78 is 0. The Hall–Kier alpha value is -1.13. The molecule has 0 atom stereocenters. The van der Waals surface area contributed by atoms with E-state index in [9.17, 15) is 10.1 Å². The highest BCUT2D eigenvalue weighted by Gasteiger charge is 2.24. The molecule has 1 N–H and O–H groups in total. The summed E-state index contributed by atoms with van der Waals surface area (Å²) in [5.74, 6) is 0.785. The lowest BCUT2D eigenvalue weighted by Crippen LogP contribution is -2.39. The van der Waals surface area contributed by atoms with Crippen LogP contribution in [0.3, 0.4) is 0 Å². The molecule has 0 unspecified atom stereocenters. The van der Waals surface area contributed by atoms with Crippen molar-refractivity contribution in [3.8, 4) is 0 Å². The van der Waals surface area contributed by atoms with Crippen molar-refractivity contribution in [3.05, 3.63) is 38.9 Å². The molecule has 1 aliphatic carbocycles. The fourth-order valence-electron chi connectivity index (χ4n) is 2.13. The Bertz CT molecular complexity index is 431. The molecule has 2 rings (SSSR count). The molecule has 1 aromatic carbocycles. The van der Waals surface area contributed by atoms with Crippen LogP contribution in [0.4, 0.5) is 5.69 Å². The van der Waals surface area contributed by atoms with Gasteiger partial charge in [-0.25, -0.2) is 0 Å². The minimum Gasteiger partial charge on any atom is -0.310 e. The van der Waals surface area contributed by atoms with Crippen molar-refractivity contribution >= 4 is 17.3 Å². The molecule has 1 aliphatic rings. The average Bonchev–Trinajstić information content (AvgIpc) is 2.24. The normalized spacial score (nSPS) is 23.2. The van der Waals surface area contributed by atoms with Crippen LogP contribution < -0.4 is 5.32 Å². The highest BCUT2D eigenvalue weighted by molar-refractivity contribution is 6.31. The second-order valence-corrected chi connectivity index (χ2v) is 5.09. The van der Waals surface area contributed by atoms with E-state index in [1.807, 2.05) is 0 Å². The van der Waals surface area contributed by atoms with E-state index in [-0.39, 0.29) is 5.69 Å². The predicted octanol–water partition coefficient (Wildman–Crippen LogP) is 3.14. The van der Waals surface area contributed by atoms with E-state index < -0.39 is 4.92 Å². The molecule has 0 saturated heterocycles. The van der Waals surface area contributed by atoms with Gasteiger partial charge in [-0.1, -0.05) is 18.5 Å². The molecule has 17 heavy (non-hydrogen) atoms. The average molecular weight is 255 g/mol. The molecular formula is C12H15ClN2O2. The molecule has 4 nitrogen and oxygen atoms in total. The van der Waals surface area contributed by atoms with Crippen LogP contribution in [0.25, 0.3) is 0 Å². The zero-order valence-electron chi connectivity index (χ0n) is 9.65. The zero-order valence-corrected chi connectivity index (χ0v) is 10.4. The Balaban J connectivity index is 1.99. The van der Waals surface area contributed by atoms with Crippen LogP contribution in [0.5, 0.6) is 0 Å². The molecule has 0 heterocycles. The van der Waals surface area contributed by atoms with Crippen LogP contribution in [0.2, 0.25) is 5.02 Å². The monoisotopic (exact) mass is 254 g/mol. The van der Waals surface area contributed by atoms with Gasteiger partial charge >= 0.3 is 0 Å². The number of nitrogens with zero attached hydrogens (tertiary/aromatic N) is 1. The first-order valence-electron chi connectivity index (χ1n) is 5.72. The van der Waals surface area contributed by atoms with E-state index >= 15 is 0 Å². The zero-order chi connectivity index (χ0) is 12.4. The van der Waals surface area contributed by atoms with Crippen LogP contribution in [0.15, 0.2) is 18.2 Å². The molecule has 5 heteroatoms. The molecule has 0 bridgehead atoms. The van der Waals surface area contributed by atoms with E-state index in [1.54, 1.807) is 6.07 Å². The number of hydrogen-bond donors (Lipinski definition) is 1. The van der Waals surface area contributed by atoms with Gasteiger partial charge in [0.1, 0.15) is 0 Å². The van der Waals surface area contributed by atoms with Crippen molar-refractivity contribution in [1.82, 2.24) is 5.32 Å². The minimum atomic E-state index is -0.398. The van der Waals surface area contributed by atoms with Crippen LogP contribution >= 0.6 is 11.6 Å². The molecule has 0 spiro atoms. The van der Waals surface area contributed by atoms with Crippen LogP contribution in [0.1, 0.15) is 25.3 Å². The third kappa shape index (κ3) is 2.96. The van der Waals surface area contributed by atoms with Gasteiger partial charge in [0, 0.05) is 29.7 Å². The number of nitro groups is 1. The Kier molecular flexibility index (Phi) is 3.64. The Morgan fingerprint density at radius 3 is 2.82 bits per heavy atom. The van der Waals surface area contributed by atoms with Crippen molar-refractivity contribution in [3.63, 3.8) is 0 Å². The summed E-state index contributed by atoms with van der Waals surface area (Å²) in [7, 11) is 0. The van der Waals surface area contributed by atoms with Crippen molar-refractivity contribution < 1.29 is 4.92 Å². The number of hydrogen-bond acceptors (Lipinski definition) is 3. The maximum absolute atomic E-state index is 10.7. The molecule has 92 valence electrons. The highest BCUT2D eigenvalue weighted by Crippen LogP contribution is 2.27. The molecule has 1 aromatic rings. The number of nitro benzene ring substituents is 1. The number of rotatable bonds is 4. The minimum absolute atomic E-state index is 0.0909. The summed E-state index contributed by atoms with van der Waals surface area (Å²) in [4.78, 5) is 10.3. The SMILES string of the molecule is CC1CC(NCc2cc([N+](=O)[O-])ccc2Cl)C1. The smallest absolute Gasteiger partial charge is 0.269 e. The maximum atomic E-state index is 10.7. The van der Waals surface area contributed by atoms with Gasteiger partial charge in [0.05, 0.1) is 4.92 Å². The van der Waals surface area contributed by atoms with Crippen LogP contribution in [-0.4, -0.2) is 11.0 Å². The van der Waals surface area contributed by atoms with Gasteiger partial charge in [0.2, 0.25) is 0 Å². The van der Waals surface area contributed by atoms with Gasteiger partial charge in [-0.05, 0) is 30.4 Å². The quantitative estimate of drug-likeness (QED) is 0.663. The fourth-order valence-corrected chi connectivity index (χ4v) is 2.32. The summed E-state index contributed by atoms with van der Waals surface area (Å²) in [5, 5.41) is 14.6. The van der Waals surface area contributed by atoms with E-state index in [0.717, 1.165) is 11.5 Å². The van der Waals surface area contributed by atoms with Gasteiger partial charge < -0.3 is 5.32 Å².